The van der Waals surface area contributed by atoms with E-state index in [1.807, 2.05) is 17.7 Å². The standard InChI is InChI=1S/C24H24N4O3S/c1-16-13-17(2)21-20(14-16)32-24(26-21)28(11-4-10-27-12-9-25-15-27)22(29)18-5-7-19(8-6-18)23(30)31-3/h5-9,12-15H,4,10-11H2,1-3H3. The summed E-state index contributed by atoms with van der Waals surface area (Å²) >= 11 is 1.52. The summed E-state index contributed by atoms with van der Waals surface area (Å²) < 4.78 is 7.79. The first kappa shape index (κ1) is 21.7. The molecule has 32 heavy (non-hydrogen) atoms. The van der Waals surface area contributed by atoms with Crippen LogP contribution in [0, 0.1) is 13.8 Å². The lowest BCUT2D eigenvalue weighted by molar-refractivity contribution is 0.0600. The number of hydrogen-bond acceptors (Lipinski definition) is 6. The quantitative estimate of drug-likeness (QED) is 0.385. The van der Waals surface area contributed by atoms with Gasteiger partial charge in [0.2, 0.25) is 0 Å². The van der Waals surface area contributed by atoms with E-state index in [2.05, 4.69) is 24.0 Å². The van der Waals surface area contributed by atoms with E-state index in [4.69, 9.17) is 9.72 Å². The molecule has 0 spiro atoms. The van der Waals surface area contributed by atoms with Crippen LogP contribution in [0.25, 0.3) is 10.2 Å². The molecule has 2 aromatic heterocycles. The lowest BCUT2D eigenvalue weighted by Crippen LogP contribution is -2.32. The Hall–Kier alpha value is -3.52. The number of aryl methyl sites for hydroxylation is 3. The lowest BCUT2D eigenvalue weighted by Gasteiger charge is -2.20. The van der Waals surface area contributed by atoms with Gasteiger partial charge in [0.15, 0.2) is 5.13 Å². The molecule has 0 fully saturated rings. The van der Waals surface area contributed by atoms with Crippen molar-refractivity contribution in [2.45, 2.75) is 26.8 Å². The second-order valence-corrected chi connectivity index (χ2v) is 8.61. The highest BCUT2D eigenvalue weighted by Gasteiger charge is 2.22. The maximum atomic E-state index is 13.5. The van der Waals surface area contributed by atoms with Crippen LogP contribution in [0.2, 0.25) is 0 Å². The molecule has 0 aliphatic rings. The van der Waals surface area contributed by atoms with Crippen LogP contribution in [-0.2, 0) is 11.3 Å². The van der Waals surface area contributed by atoms with Gasteiger partial charge < -0.3 is 9.30 Å². The number of rotatable bonds is 7. The van der Waals surface area contributed by atoms with Crippen molar-refractivity contribution in [3.8, 4) is 0 Å². The van der Waals surface area contributed by atoms with Crippen LogP contribution in [0.3, 0.4) is 0 Å². The largest absolute Gasteiger partial charge is 0.465 e. The number of benzene rings is 2. The summed E-state index contributed by atoms with van der Waals surface area (Å²) in [6.45, 7) is 5.35. The highest BCUT2D eigenvalue weighted by Crippen LogP contribution is 2.32. The van der Waals surface area contributed by atoms with E-state index in [9.17, 15) is 9.59 Å². The minimum absolute atomic E-state index is 0.152. The normalized spacial score (nSPS) is 11.0. The zero-order valence-electron chi connectivity index (χ0n) is 18.2. The van der Waals surface area contributed by atoms with Gasteiger partial charge in [0, 0.05) is 31.0 Å². The van der Waals surface area contributed by atoms with Gasteiger partial charge in [-0.3, -0.25) is 9.69 Å². The minimum atomic E-state index is -0.432. The molecule has 2 aromatic carbocycles. The van der Waals surface area contributed by atoms with E-state index in [1.54, 1.807) is 41.7 Å². The summed E-state index contributed by atoms with van der Waals surface area (Å²) in [6.07, 6.45) is 6.16. The number of carbonyl (C=O) groups excluding carboxylic acids is 2. The first-order chi connectivity index (χ1) is 15.5. The van der Waals surface area contributed by atoms with Gasteiger partial charge in [0.1, 0.15) is 0 Å². The topological polar surface area (TPSA) is 77.3 Å². The number of anilines is 1. The van der Waals surface area contributed by atoms with Crippen molar-refractivity contribution in [3.63, 3.8) is 0 Å². The monoisotopic (exact) mass is 448 g/mol. The molecule has 0 bridgehead atoms. The van der Waals surface area contributed by atoms with Crippen LogP contribution in [-0.4, -0.2) is 40.1 Å². The van der Waals surface area contributed by atoms with Crippen LogP contribution < -0.4 is 4.90 Å². The van der Waals surface area contributed by atoms with Crippen molar-refractivity contribution in [2.24, 2.45) is 0 Å². The molecular weight excluding hydrogens is 424 g/mol. The number of nitrogens with zero attached hydrogens (tertiary/aromatic N) is 4. The summed E-state index contributed by atoms with van der Waals surface area (Å²) in [5, 5.41) is 0.668. The SMILES string of the molecule is COC(=O)c1ccc(C(=O)N(CCCn2ccnc2)c2nc3c(C)cc(C)cc3s2)cc1. The van der Waals surface area contributed by atoms with Crippen LogP contribution in [0.1, 0.15) is 38.3 Å². The third-order valence-electron chi connectivity index (χ3n) is 5.20. The number of ether oxygens (including phenoxy) is 1. The molecule has 8 heteroatoms. The molecule has 2 heterocycles. The number of aromatic nitrogens is 3. The Morgan fingerprint density at radius 2 is 1.88 bits per heavy atom. The van der Waals surface area contributed by atoms with Crippen molar-refractivity contribution in [2.75, 3.05) is 18.6 Å². The second-order valence-electron chi connectivity index (χ2n) is 7.60. The average molecular weight is 449 g/mol. The van der Waals surface area contributed by atoms with E-state index in [1.165, 1.54) is 24.0 Å². The van der Waals surface area contributed by atoms with Gasteiger partial charge in [-0.25, -0.2) is 14.8 Å². The van der Waals surface area contributed by atoms with Crippen LogP contribution in [0.5, 0.6) is 0 Å². The molecule has 0 saturated heterocycles. The fourth-order valence-corrected chi connectivity index (χ4v) is 4.78. The summed E-state index contributed by atoms with van der Waals surface area (Å²) in [6, 6.07) is 10.7. The average Bonchev–Trinajstić information content (AvgIpc) is 3.46. The Balaban J connectivity index is 1.64. The molecule has 0 saturated carbocycles. The number of esters is 1. The Labute approximate surface area is 190 Å². The van der Waals surface area contributed by atoms with Crippen molar-refractivity contribution in [1.29, 1.82) is 0 Å². The molecule has 4 rings (SSSR count). The van der Waals surface area contributed by atoms with Gasteiger partial charge in [0.25, 0.3) is 5.91 Å². The fourth-order valence-electron chi connectivity index (χ4n) is 3.61. The second kappa shape index (κ2) is 9.32. The van der Waals surface area contributed by atoms with Crippen molar-refractivity contribution in [3.05, 3.63) is 77.4 Å². The molecule has 0 aliphatic heterocycles. The minimum Gasteiger partial charge on any atom is -0.465 e. The predicted molar refractivity (Wildman–Crippen MR) is 125 cm³/mol. The Kier molecular flexibility index (Phi) is 6.32. The molecule has 1 amide bonds. The summed E-state index contributed by atoms with van der Waals surface area (Å²) in [7, 11) is 1.33. The highest BCUT2D eigenvalue weighted by atomic mass is 32.1. The third kappa shape index (κ3) is 4.55. The lowest BCUT2D eigenvalue weighted by atomic mass is 10.1. The van der Waals surface area contributed by atoms with Gasteiger partial charge in [-0.2, -0.15) is 0 Å². The Bertz CT molecular complexity index is 1250. The van der Waals surface area contributed by atoms with Crippen molar-refractivity contribution < 1.29 is 14.3 Å². The van der Waals surface area contributed by atoms with Gasteiger partial charge in [-0.15, -0.1) is 0 Å². The molecule has 0 atom stereocenters. The number of carbonyl (C=O) groups is 2. The molecule has 0 unspecified atom stereocenters. The molecule has 7 nitrogen and oxygen atoms in total. The smallest absolute Gasteiger partial charge is 0.337 e. The van der Waals surface area contributed by atoms with E-state index >= 15 is 0 Å². The zero-order chi connectivity index (χ0) is 22.7. The molecule has 4 aromatic rings. The molecule has 0 radical (unpaired) electrons. The van der Waals surface area contributed by atoms with Crippen molar-refractivity contribution >= 4 is 38.6 Å². The molecule has 0 aliphatic carbocycles. The number of thiazole rings is 1. The Morgan fingerprint density at radius 1 is 1.12 bits per heavy atom. The number of amides is 1. The number of fused-ring (bicyclic) bond motifs is 1. The number of methoxy groups -OCH3 is 1. The summed E-state index contributed by atoms with van der Waals surface area (Å²) in [5.74, 6) is -0.585. The maximum absolute atomic E-state index is 13.5. The molecule has 0 N–H and O–H groups in total. The zero-order valence-corrected chi connectivity index (χ0v) is 19.1. The van der Waals surface area contributed by atoms with Crippen molar-refractivity contribution in [1.82, 2.24) is 14.5 Å². The van der Waals surface area contributed by atoms with Crippen LogP contribution in [0.15, 0.2) is 55.1 Å². The Morgan fingerprint density at radius 3 is 2.56 bits per heavy atom. The van der Waals surface area contributed by atoms with Gasteiger partial charge >= 0.3 is 5.97 Å². The first-order valence-corrected chi connectivity index (χ1v) is 11.1. The van der Waals surface area contributed by atoms with Gasteiger partial charge in [0.05, 0.1) is 29.2 Å². The van der Waals surface area contributed by atoms with E-state index < -0.39 is 5.97 Å². The fraction of sp³-hybridized carbons (Fsp3) is 0.250. The first-order valence-electron chi connectivity index (χ1n) is 10.3. The summed E-state index contributed by atoms with van der Waals surface area (Å²) in [4.78, 5) is 35.8. The number of hydrogen-bond donors (Lipinski definition) is 0. The third-order valence-corrected chi connectivity index (χ3v) is 6.23. The predicted octanol–water partition coefficient (Wildman–Crippen LogP) is 4.63. The highest BCUT2D eigenvalue weighted by molar-refractivity contribution is 7.22. The van der Waals surface area contributed by atoms with Gasteiger partial charge in [-0.1, -0.05) is 17.4 Å². The van der Waals surface area contributed by atoms with E-state index in [-0.39, 0.29) is 5.91 Å². The number of imidazole rings is 1. The van der Waals surface area contributed by atoms with Gasteiger partial charge in [-0.05, 0) is 61.7 Å². The van der Waals surface area contributed by atoms with E-state index in [0.29, 0.717) is 22.8 Å². The maximum Gasteiger partial charge on any atom is 0.337 e. The van der Waals surface area contributed by atoms with Crippen LogP contribution >= 0.6 is 11.3 Å². The molecular formula is C24H24N4O3S. The molecule has 164 valence electrons. The summed E-state index contributed by atoms with van der Waals surface area (Å²) in [5.41, 5.74) is 4.08. The van der Waals surface area contributed by atoms with Crippen LogP contribution in [0.4, 0.5) is 5.13 Å². The van der Waals surface area contributed by atoms with E-state index in [0.717, 1.165) is 28.7 Å².